The van der Waals surface area contributed by atoms with Crippen LogP contribution in [0, 0.1) is 6.92 Å². The van der Waals surface area contributed by atoms with Crippen molar-refractivity contribution in [1.82, 2.24) is 15.0 Å². The molecule has 0 radical (unpaired) electrons. The number of hydrogen-bond donors (Lipinski definition) is 2. The van der Waals surface area contributed by atoms with Crippen molar-refractivity contribution in [2.75, 3.05) is 13.1 Å². The normalized spacial score (nSPS) is 19.2. The molecule has 2 aromatic rings. The van der Waals surface area contributed by atoms with Crippen molar-refractivity contribution in [3.63, 3.8) is 0 Å². The molecule has 0 saturated carbocycles. The van der Waals surface area contributed by atoms with Crippen LogP contribution < -0.4 is 10.0 Å². The summed E-state index contributed by atoms with van der Waals surface area (Å²) in [4.78, 5) is 4.42. The van der Waals surface area contributed by atoms with Gasteiger partial charge < -0.3 is 5.32 Å². The van der Waals surface area contributed by atoms with Gasteiger partial charge in [0.25, 0.3) is 0 Å². The zero-order valence-electron chi connectivity index (χ0n) is 11.6. The molecule has 1 aromatic carbocycles. The first-order valence-electron chi connectivity index (χ1n) is 6.76. The highest BCUT2D eigenvalue weighted by molar-refractivity contribution is 7.89. The third-order valence-electron chi connectivity index (χ3n) is 3.61. The van der Waals surface area contributed by atoms with E-state index in [0.29, 0.717) is 17.2 Å². The molecule has 0 amide bonds. The monoisotopic (exact) mass is 325 g/mol. The second-order valence-corrected chi connectivity index (χ2v) is 7.28. The van der Waals surface area contributed by atoms with Crippen LogP contribution in [0.2, 0.25) is 5.15 Å². The summed E-state index contributed by atoms with van der Waals surface area (Å²) in [5, 5.41) is 4.23. The molecule has 1 saturated heterocycles. The van der Waals surface area contributed by atoms with Crippen LogP contribution >= 0.6 is 11.6 Å². The fourth-order valence-electron chi connectivity index (χ4n) is 2.51. The molecule has 2 N–H and O–H groups in total. The summed E-state index contributed by atoms with van der Waals surface area (Å²) in [7, 11) is -3.61. The summed E-state index contributed by atoms with van der Waals surface area (Å²) in [5.74, 6) is 0. The first-order valence-corrected chi connectivity index (χ1v) is 8.62. The third-order valence-corrected chi connectivity index (χ3v) is 5.54. The number of fused-ring (bicyclic) bond motifs is 1. The molecule has 5 nitrogen and oxygen atoms in total. The van der Waals surface area contributed by atoms with Gasteiger partial charge in [-0.25, -0.2) is 18.1 Å². The van der Waals surface area contributed by atoms with Crippen LogP contribution in [0.1, 0.15) is 12.0 Å². The topological polar surface area (TPSA) is 71.1 Å². The van der Waals surface area contributed by atoms with E-state index in [4.69, 9.17) is 11.6 Å². The Balaban J connectivity index is 2.08. The SMILES string of the molecule is Cc1cc2cccc(S(=O)(=O)N[C@H]3CCNC3)c2nc1Cl. The molecule has 0 unspecified atom stereocenters. The third kappa shape index (κ3) is 2.89. The highest BCUT2D eigenvalue weighted by Crippen LogP contribution is 2.25. The van der Waals surface area contributed by atoms with Gasteiger partial charge in [0, 0.05) is 18.0 Å². The van der Waals surface area contributed by atoms with Crippen LogP contribution in [0.5, 0.6) is 0 Å². The lowest BCUT2D eigenvalue weighted by Crippen LogP contribution is -2.36. The van der Waals surface area contributed by atoms with Crippen LogP contribution in [0.3, 0.4) is 0 Å². The average Bonchev–Trinajstić information content (AvgIpc) is 2.91. The number of sulfonamides is 1. The van der Waals surface area contributed by atoms with Gasteiger partial charge in [0.2, 0.25) is 10.0 Å². The maximum Gasteiger partial charge on any atom is 0.243 e. The Kier molecular flexibility index (Phi) is 3.88. The standard InChI is InChI=1S/C14H16ClN3O2S/c1-9-7-10-3-2-4-12(13(10)17-14(9)15)21(19,20)18-11-5-6-16-8-11/h2-4,7,11,16,18H,5-6,8H2,1H3/t11-/m0/s1. The summed E-state index contributed by atoms with van der Waals surface area (Å²) >= 11 is 6.04. The highest BCUT2D eigenvalue weighted by Gasteiger charge is 2.24. The lowest BCUT2D eigenvalue weighted by atomic mass is 10.2. The predicted molar refractivity (Wildman–Crippen MR) is 83.1 cm³/mol. The van der Waals surface area contributed by atoms with Crippen LogP contribution in [-0.2, 0) is 10.0 Å². The number of nitrogens with zero attached hydrogens (tertiary/aromatic N) is 1. The van der Waals surface area contributed by atoms with Gasteiger partial charge in [-0.2, -0.15) is 0 Å². The molecule has 1 fully saturated rings. The molecule has 0 spiro atoms. The van der Waals surface area contributed by atoms with Crippen molar-refractivity contribution in [1.29, 1.82) is 0 Å². The summed E-state index contributed by atoms with van der Waals surface area (Å²) in [6, 6.07) is 6.89. The lowest BCUT2D eigenvalue weighted by Gasteiger charge is -2.13. The smallest absolute Gasteiger partial charge is 0.243 e. The highest BCUT2D eigenvalue weighted by atomic mass is 35.5. The minimum absolute atomic E-state index is 0.0776. The summed E-state index contributed by atoms with van der Waals surface area (Å²) in [5.41, 5.74) is 1.23. The van der Waals surface area contributed by atoms with E-state index in [1.54, 1.807) is 12.1 Å². The summed E-state index contributed by atoms with van der Waals surface area (Å²) in [6.07, 6.45) is 0.789. The fraction of sp³-hybridized carbons (Fsp3) is 0.357. The number of hydrogen-bond acceptors (Lipinski definition) is 4. The molecule has 1 aliphatic rings. The Morgan fingerprint density at radius 3 is 2.95 bits per heavy atom. The minimum Gasteiger partial charge on any atom is -0.315 e. The average molecular weight is 326 g/mol. The molecule has 112 valence electrons. The van der Waals surface area contributed by atoms with Crippen LogP contribution in [-0.4, -0.2) is 32.5 Å². The summed E-state index contributed by atoms with van der Waals surface area (Å²) in [6.45, 7) is 3.32. The number of aryl methyl sites for hydroxylation is 1. The maximum atomic E-state index is 12.6. The Labute approximate surface area is 128 Å². The van der Waals surface area contributed by atoms with E-state index in [-0.39, 0.29) is 10.9 Å². The van der Waals surface area contributed by atoms with E-state index in [2.05, 4.69) is 15.0 Å². The Morgan fingerprint density at radius 1 is 1.43 bits per heavy atom. The maximum absolute atomic E-state index is 12.6. The van der Waals surface area contributed by atoms with Gasteiger partial charge in [-0.05, 0) is 37.6 Å². The van der Waals surface area contributed by atoms with Crippen molar-refractivity contribution >= 4 is 32.5 Å². The molecule has 1 aliphatic heterocycles. The Morgan fingerprint density at radius 2 is 2.24 bits per heavy atom. The molecule has 2 heterocycles. The van der Waals surface area contributed by atoms with E-state index in [0.717, 1.165) is 23.9 Å². The number of halogens is 1. The second-order valence-electron chi connectivity index (χ2n) is 5.23. The number of aromatic nitrogens is 1. The van der Waals surface area contributed by atoms with Gasteiger partial charge in [-0.15, -0.1) is 0 Å². The van der Waals surface area contributed by atoms with E-state index >= 15 is 0 Å². The molecule has 0 aliphatic carbocycles. The minimum atomic E-state index is -3.61. The Hall–Kier alpha value is -1.21. The van der Waals surface area contributed by atoms with E-state index in [1.807, 2.05) is 19.1 Å². The molecular weight excluding hydrogens is 310 g/mol. The molecule has 1 atom stereocenters. The summed E-state index contributed by atoms with van der Waals surface area (Å²) < 4.78 is 27.9. The van der Waals surface area contributed by atoms with Crippen molar-refractivity contribution in [3.05, 3.63) is 35.0 Å². The molecule has 1 aromatic heterocycles. The van der Waals surface area contributed by atoms with E-state index in [1.165, 1.54) is 0 Å². The quantitative estimate of drug-likeness (QED) is 0.845. The number of pyridine rings is 1. The largest absolute Gasteiger partial charge is 0.315 e. The zero-order chi connectivity index (χ0) is 15.0. The molecular formula is C14H16ClN3O2S. The Bertz CT molecular complexity index is 786. The van der Waals surface area contributed by atoms with Gasteiger partial charge in [0.1, 0.15) is 10.0 Å². The van der Waals surface area contributed by atoms with Gasteiger partial charge in [0.15, 0.2) is 0 Å². The predicted octanol–water partition coefficient (Wildman–Crippen LogP) is 1.84. The van der Waals surface area contributed by atoms with Gasteiger partial charge in [0.05, 0.1) is 5.52 Å². The van der Waals surface area contributed by atoms with E-state index in [9.17, 15) is 8.42 Å². The van der Waals surface area contributed by atoms with Crippen molar-refractivity contribution in [2.24, 2.45) is 0 Å². The van der Waals surface area contributed by atoms with Gasteiger partial charge in [-0.1, -0.05) is 23.7 Å². The molecule has 3 rings (SSSR count). The molecule has 7 heteroatoms. The lowest BCUT2D eigenvalue weighted by molar-refractivity contribution is 0.561. The fourth-order valence-corrected chi connectivity index (χ4v) is 4.09. The second kappa shape index (κ2) is 5.53. The first-order chi connectivity index (χ1) is 9.97. The molecule has 21 heavy (non-hydrogen) atoms. The van der Waals surface area contributed by atoms with Crippen LogP contribution in [0.4, 0.5) is 0 Å². The number of rotatable bonds is 3. The van der Waals surface area contributed by atoms with Crippen molar-refractivity contribution in [3.8, 4) is 0 Å². The number of benzene rings is 1. The van der Waals surface area contributed by atoms with Gasteiger partial charge in [-0.3, -0.25) is 0 Å². The zero-order valence-corrected chi connectivity index (χ0v) is 13.1. The van der Waals surface area contributed by atoms with Crippen LogP contribution in [0.25, 0.3) is 10.9 Å². The van der Waals surface area contributed by atoms with Gasteiger partial charge >= 0.3 is 0 Å². The van der Waals surface area contributed by atoms with Crippen LogP contribution in [0.15, 0.2) is 29.2 Å². The van der Waals surface area contributed by atoms with E-state index < -0.39 is 10.0 Å². The van der Waals surface area contributed by atoms with Crippen molar-refractivity contribution < 1.29 is 8.42 Å². The first kappa shape index (κ1) is 14.7. The number of nitrogens with one attached hydrogen (secondary N) is 2. The van der Waals surface area contributed by atoms with Crippen molar-refractivity contribution in [2.45, 2.75) is 24.3 Å². The molecule has 0 bridgehead atoms. The number of para-hydroxylation sites is 1.